The first-order valence-electron chi connectivity index (χ1n) is 9.28. The molecule has 1 aliphatic heterocycles. The SMILES string of the molecule is COc1ccc(C(c2nnnn2C(C)(C)C)N2CCN(C)CC2)c(OC)c1. The van der Waals surface area contributed by atoms with Crippen molar-refractivity contribution in [3.8, 4) is 11.5 Å². The Hall–Kier alpha value is -2.19. The van der Waals surface area contributed by atoms with Crippen LogP contribution in [-0.2, 0) is 5.54 Å². The Bertz CT molecular complexity index is 762. The summed E-state index contributed by atoms with van der Waals surface area (Å²) in [6.45, 7) is 10.2. The number of rotatable bonds is 5. The predicted octanol–water partition coefficient (Wildman–Crippen LogP) is 1.78. The molecule has 1 aromatic heterocycles. The molecule has 8 heteroatoms. The van der Waals surface area contributed by atoms with Crippen molar-refractivity contribution in [2.24, 2.45) is 0 Å². The van der Waals surface area contributed by atoms with Crippen LogP contribution in [0.3, 0.4) is 0 Å². The first kappa shape index (κ1) is 19.6. The second-order valence-corrected chi connectivity index (χ2v) is 7.97. The van der Waals surface area contributed by atoms with E-state index in [1.807, 2.05) is 16.8 Å². The summed E-state index contributed by atoms with van der Waals surface area (Å²) < 4.78 is 13.0. The highest BCUT2D eigenvalue weighted by atomic mass is 16.5. The van der Waals surface area contributed by atoms with Crippen LogP contribution >= 0.6 is 0 Å². The number of methoxy groups -OCH3 is 2. The molecule has 1 unspecified atom stereocenters. The summed E-state index contributed by atoms with van der Waals surface area (Å²) in [6, 6.07) is 5.85. The van der Waals surface area contributed by atoms with Gasteiger partial charge in [-0.2, -0.15) is 0 Å². The van der Waals surface area contributed by atoms with Crippen molar-refractivity contribution in [2.75, 3.05) is 47.4 Å². The first-order valence-corrected chi connectivity index (χ1v) is 9.28. The molecule has 148 valence electrons. The molecule has 0 bridgehead atoms. The number of hydrogen-bond acceptors (Lipinski definition) is 7. The van der Waals surface area contributed by atoms with Crippen LogP contribution in [-0.4, -0.2) is 77.5 Å². The minimum absolute atomic E-state index is 0.0891. The summed E-state index contributed by atoms with van der Waals surface area (Å²) >= 11 is 0. The van der Waals surface area contributed by atoms with Crippen LogP contribution in [0.5, 0.6) is 11.5 Å². The fraction of sp³-hybridized carbons (Fsp3) is 0.632. The number of piperazine rings is 1. The maximum Gasteiger partial charge on any atom is 0.173 e. The molecule has 1 aromatic carbocycles. The summed E-state index contributed by atoms with van der Waals surface area (Å²) in [5, 5.41) is 12.7. The molecule has 1 aliphatic rings. The monoisotopic (exact) mass is 374 g/mol. The van der Waals surface area contributed by atoms with Gasteiger partial charge in [0.25, 0.3) is 0 Å². The van der Waals surface area contributed by atoms with E-state index in [2.05, 4.69) is 59.2 Å². The number of benzene rings is 1. The van der Waals surface area contributed by atoms with Gasteiger partial charge in [-0.25, -0.2) is 4.68 Å². The van der Waals surface area contributed by atoms with Gasteiger partial charge >= 0.3 is 0 Å². The van der Waals surface area contributed by atoms with Crippen molar-refractivity contribution >= 4 is 0 Å². The van der Waals surface area contributed by atoms with E-state index < -0.39 is 0 Å². The fourth-order valence-electron chi connectivity index (χ4n) is 3.47. The largest absolute Gasteiger partial charge is 0.497 e. The highest BCUT2D eigenvalue weighted by Gasteiger charge is 2.34. The van der Waals surface area contributed by atoms with Gasteiger partial charge in [-0.15, -0.1) is 5.10 Å². The van der Waals surface area contributed by atoms with Gasteiger partial charge in [-0.1, -0.05) is 0 Å². The molecule has 0 spiro atoms. The standard InChI is InChI=1S/C19H30N6O2/c1-19(2,3)25-18(20-21-22-25)17(24-11-9-23(4)10-12-24)15-8-7-14(26-5)13-16(15)27-6/h7-8,13,17H,9-12H2,1-6H3. The van der Waals surface area contributed by atoms with Crippen LogP contribution in [0.4, 0.5) is 0 Å². The quantitative estimate of drug-likeness (QED) is 0.790. The van der Waals surface area contributed by atoms with Gasteiger partial charge in [0, 0.05) is 37.8 Å². The Balaban J connectivity index is 2.11. The minimum Gasteiger partial charge on any atom is -0.497 e. The second kappa shape index (κ2) is 7.82. The molecule has 0 saturated carbocycles. The van der Waals surface area contributed by atoms with Gasteiger partial charge < -0.3 is 14.4 Å². The molecular formula is C19H30N6O2. The predicted molar refractivity (Wildman–Crippen MR) is 103 cm³/mol. The Labute approximate surface area is 161 Å². The lowest BCUT2D eigenvalue weighted by Crippen LogP contribution is -2.47. The molecular weight excluding hydrogens is 344 g/mol. The highest BCUT2D eigenvalue weighted by Crippen LogP contribution is 2.37. The van der Waals surface area contributed by atoms with Crippen molar-refractivity contribution < 1.29 is 9.47 Å². The van der Waals surface area contributed by atoms with Crippen molar-refractivity contribution in [3.63, 3.8) is 0 Å². The summed E-state index contributed by atoms with van der Waals surface area (Å²) in [4.78, 5) is 4.77. The van der Waals surface area contributed by atoms with Crippen LogP contribution in [0.15, 0.2) is 18.2 Å². The van der Waals surface area contributed by atoms with Gasteiger partial charge in [0.1, 0.15) is 17.5 Å². The lowest BCUT2D eigenvalue weighted by Gasteiger charge is -2.38. The lowest BCUT2D eigenvalue weighted by molar-refractivity contribution is 0.117. The van der Waals surface area contributed by atoms with Gasteiger partial charge in [-0.3, -0.25) is 4.90 Å². The average Bonchev–Trinajstić information content (AvgIpc) is 3.13. The fourth-order valence-corrected chi connectivity index (χ4v) is 3.47. The Morgan fingerprint density at radius 2 is 1.74 bits per heavy atom. The van der Waals surface area contributed by atoms with Gasteiger partial charge in [0.05, 0.1) is 19.8 Å². The van der Waals surface area contributed by atoms with Gasteiger partial charge in [0.2, 0.25) is 0 Å². The second-order valence-electron chi connectivity index (χ2n) is 7.97. The maximum atomic E-state index is 5.71. The van der Waals surface area contributed by atoms with Gasteiger partial charge in [-0.05, 0) is 50.4 Å². The average molecular weight is 374 g/mol. The van der Waals surface area contributed by atoms with E-state index in [0.717, 1.165) is 49.1 Å². The molecule has 8 nitrogen and oxygen atoms in total. The Morgan fingerprint density at radius 3 is 2.33 bits per heavy atom. The Kier molecular flexibility index (Phi) is 5.67. The van der Waals surface area contributed by atoms with Crippen LogP contribution in [0.25, 0.3) is 0 Å². The molecule has 1 atom stereocenters. The number of likely N-dealkylation sites (N-methyl/N-ethyl adjacent to an activating group) is 1. The van der Waals surface area contributed by atoms with Crippen molar-refractivity contribution in [2.45, 2.75) is 32.4 Å². The molecule has 0 N–H and O–H groups in total. The van der Waals surface area contributed by atoms with Crippen molar-refractivity contribution in [3.05, 3.63) is 29.6 Å². The molecule has 27 heavy (non-hydrogen) atoms. The zero-order chi connectivity index (χ0) is 19.6. The molecule has 0 radical (unpaired) electrons. The first-order chi connectivity index (χ1) is 12.8. The summed E-state index contributed by atoms with van der Waals surface area (Å²) in [5.74, 6) is 2.38. The van der Waals surface area contributed by atoms with E-state index in [1.165, 1.54) is 0 Å². The van der Waals surface area contributed by atoms with E-state index in [1.54, 1.807) is 14.2 Å². The lowest BCUT2D eigenvalue weighted by atomic mass is 10.00. The highest BCUT2D eigenvalue weighted by molar-refractivity contribution is 5.44. The van der Waals surface area contributed by atoms with Crippen LogP contribution in [0.1, 0.15) is 38.2 Å². The van der Waals surface area contributed by atoms with E-state index in [-0.39, 0.29) is 11.6 Å². The van der Waals surface area contributed by atoms with Gasteiger partial charge in [0.15, 0.2) is 5.82 Å². The van der Waals surface area contributed by atoms with Crippen LogP contribution in [0.2, 0.25) is 0 Å². The number of nitrogens with zero attached hydrogens (tertiary/aromatic N) is 6. The Morgan fingerprint density at radius 1 is 1.04 bits per heavy atom. The third-order valence-corrected chi connectivity index (χ3v) is 5.01. The van der Waals surface area contributed by atoms with Crippen molar-refractivity contribution in [1.82, 2.24) is 30.0 Å². The third-order valence-electron chi connectivity index (χ3n) is 5.01. The molecule has 0 aliphatic carbocycles. The summed E-state index contributed by atoms with van der Waals surface area (Å²) in [5.41, 5.74) is 0.826. The third kappa shape index (κ3) is 4.06. The smallest absolute Gasteiger partial charge is 0.173 e. The maximum absolute atomic E-state index is 5.71. The van der Waals surface area contributed by atoms with E-state index in [4.69, 9.17) is 9.47 Å². The number of aromatic nitrogens is 4. The molecule has 2 heterocycles. The van der Waals surface area contributed by atoms with E-state index >= 15 is 0 Å². The summed E-state index contributed by atoms with van der Waals surface area (Å²) in [7, 11) is 5.50. The normalized spacial score (nSPS) is 17.7. The molecule has 1 fully saturated rings. The molecule has 3 rings (SSSR count). The minimum atomic E-state index is -0.219. The zero-order valence-electron chi connectivity index (χ0n) is 17.1. The molecule has 2 aromatic rings. The molecule has 1 saturated heterocycles. The summed E-state index contributed by atoms with van der Waals surface area (Å²) in [6.07, 6.45) is 0. The van der Waals surface area contributed by atoms with E-state index in [0.29, 0.717) is 0 Å². The number of hydrogen-bond donors (Lipinski definition) is 0. The van der Waals surface area contributed by atoms with Crippen molar-refractivity contribution in [1.29, 1.82) is 0 Å². The topological polar surface area (TPSA) is 68.5 Å². The number of tetrazole rings is 1. The number of ether oxygens (including phenoxy) is 2. The zero-order valence-corrected chi connectivity index (χ0v) is 17.1. The van der Waals surface area contributed by atoms with Crippen LogP contribution in [0, 0.1) is 0 Å². The van der Waals surface area contributed by atoms with E-state index in [9.17, 15) is 0 Å². The van der Waals surface area contributed by atoms with Crippen LogP contribution < -0.4 is 9.47 Å². The molecule has 0 amide bonds.